The highest BCUT2D eigenvalue weighted by Crippen LogP contribution is 2.22. The van der Waals surface area contributed by atoms with E-state index in [0.717, 1.165) is 10.7 Å². The highest BCUT2D eigenvalue weighted by atomic mass is 79.9. The van der Waals surface area contributed by atoms with Crippen LogP contribution in [0.2, 0.25) is 0 Å². The van der Waals surface area contributed by atoms with Crippen LogP contribution in [0, 0.1) is 11.6 Å². The number of carbonyl (C=O) groups is 1. The van der Waals surface area contributed by atoms with Crippen molar-refractivity contribution in [2.75, 3.05) is 0 Å². The summed E-state index contributed by atoms with van der Waals surface area (Å²) in [6, 6.07) is 8.96. The first-order valence-corrected chi connectivity index (χ1v) is 8.68. The number of aliphatic carboxylic acids is 1. The van der Waals surface area contributed by atoms with E-state index in [-0.39, 0.29) is 28.7 Å². The minimum atomic E-state index is -1.08. The summed E-state index contributed by atoms with van der Waals surface area (Å²) in [7, 11) is 0. The van der Waals surface area contributed by atoms with E-state index in [2.05, 4.69) is 21.0 Å². The van der Waals surface area contributed by atoms with E-state index in [4.69, 9.17) is 5.11 Å². The van der Waals surface area contributed by atoms with Crippen LogP contribution in [0.25, 0.3) is 16.8 Å². The lowest BCUT2D eigenvalue weighted by atomic mass is 10.1. The molecular weight excluding hydrogens is 422 g/mol. The minimum absolute atomic E-state index is 0.0678. The second-order valence-electron chi connectivity index (χ2n) is 5.71. The van der Waals surface area contributed by atoms with Crippen LogP contribution < -0.4 is 5.56 Å². The van der Waals surface area contributed by atoms with Crippen LogP contribution in [0.4, 0.5) is 8.78 Å². The van der Waals surface area contributed by atoms with Crippen molar-refractivity contribution in [3.8, 4) is 0 Å². The van der Waals surface area contributed by atoms with Crippen LogP contribution in [-0.2, 0) is 17.8 Å². The van der Waals surface area contributed by atoms with Crippen molar-refractivity contribution in [3.05, 3.63) is 80.2 Å². The predicted octanol–water partition coefficient (Wildman–Crippen LogP) is 3.78. The second-order valence-corrected chi connectivity index (χ2v) is 6.56. The number of halogens is 3. The molecule has 0 amide bonds. The van der Waals surface area contributed by atoms with Gasteiger partial charge in [-0.1, -0.05) is 30.4 Å². The van der Waals surface area contributed by atoms with E-state index in [1.165, 1.54) is 18.2 Å². The summed E-state index contributed by atoms with van der Waals surface area (Å²) in [5, 5.41) is 14.0. The van der Waals surface area contributed by atoms with Gasteiger partial charge in [0, 0.05) is 10.9 Å². The van der Waals surface area contributed by atoms with Crippen LogP contribution in [0.1, 0.15) is 11.3 Å². The number of rotatable bonds is 5. The zero-order chi connectivity index (χ0) is 19.6. The van der Waals surface area contributed by atoms with E-state index >= 15 is 0 Å². The average molecular weight is 435 g/mol. The van der Waals surface area contributed by atoms with Crippen molar-refractivity contribution >= 4 is 38.7 Å². The molecule has 0 saturated heterocycles. The third kappa shape index (κ3) is 3.95. The quantitative estimate of drug-likeness (QED) is 0.620. The molecule has 3 aromatic rings. The first-order valence-electron chi connectivity index (χ1n) is 7.89. The Morgan fingerprint density at radius 1 is 1.19 bits per heavy atom. The van der Waals surface area contributed by atoms with Gasteiger partial charge in [-0.3, -0.25) is 9.59 Å². The van der Waals surface area contributed by atoms with Crippen LogP contribution in [0.3, 0.4) is 0 Å². The molecule has 0 aliphatic rings. The molecule has 1 aromatic heterocycles. The van der Waals surface area contributed by atoms with Crippen molar-refractivity contribution in [1.82, 2.24) is 9.78 Å². The molecule has 0 spiro atoms. The number of carboxylic acids is 1. The average Bonchev–Trinajstić information content (AvgIpc) is 2.64. The summed E-state index contributed by atoms with van der Waals surface area (Å²) in [6.45, 7) is -0.0678. The van der Waals surface area contributed by atoms with Crippen LogP contribution in [0.5, 0.6) is 0 Å². The van der Waals surface area contributed by atoms with Crippen molar-refractivity contribution in [1.29, 1.82) is 0 Å². The molecule has 1 N–H and O–H groups in total. The van der Waals surface area contributed by atoms with Crippen LogP contribution in [-0.4, -0.2) is 20.9 Å². The number of aromatic nitrogens is 2. The Balaban J connectivity index is 2.00. The molecule has 0 radical (unpaired) electrons. The van der Waals surface area contributed by atoms with Gasteiger partial charge in [-0.05, 0) is 34.1 Å². The minimum Gasteiger partial charge on any atom is -0.481 e. The summed E-state index contributed by atoms with van der Waals surface area (Å²) in [5.41, 5.74) is -0.422. The number of nitrogens with zero attached hydrogens (tertiary/aromatic N) is 2. The fourth-order valence-corrected chi connectivity index (χ4v) is 3.01. The molecule has 8 heteroatoms. The summed E-state index contributed by atoms with van der Waals surface area (Å²) >= 11 is 2.99. The molecular formula is C19H13BrF2N2O3. The molecule has 0 aliphatic heterocycles. The van der Waals surface area contributed by atoms with E-state index in [1.807, 2.05) is 0 Å². The van der Waals surface area contributed by atoms with Crippen LogP contribution in [0.15, 0.2) is 51.7 Å². The van der Waals surface area contributed by atoms with E-state index in [1.54, 1.807) is 24.3 Å². The van der Waals surface area contributed by atoms with Gasteiger partial charge < -0.3 is 5.11 Å². The Hall–Kier alpha value is -2.87. The summed E-state index contributed by atoms with van der Waals surface area (Å²) in [6.07, 6.45) is 2.26. The standard InChI is InChI=1S/C19H13BrF2N2O3/c20-14-7-8-15(21)13(18(14)22)6-3-9-24-19(27)12-5-2-1-4-11(12)16(23-24)10-17(25)26/h1-8H,9-10H2,(H,25,26)/b6-3+. The summed E-state index contributed by atoms with van der Waals surface area (Å²) in [5.74, 6) is -2.57. The molecule has 138 valence electrons. The van der Waals surface area contributed by atoms with Gasteiger partial charge in [-0.15, -0.1) is 0 Å². The zero-order valence-electron chi connectivity index (χ0n) is 13.8. The molecule has 27 heavy (non-hydrogen) atoms. The lowest BCUT2D eigenvalue weighted by Crippen LogP contribution is -2.25. The Morgan fingerprint density at radius 2 is 1.89 bits per heavy atom. The van der Waals surface area contributed by atoms with Crippen molar-refractivity contribution in [3.63, 3.8) is 0 Å². The first kappa shape index (κ1) is 18.9. The fraction of sp³-hybridized carbons (Fsp3) is 0.105. The van der Waals surface area contributed by atoms with Gasteiger partial charge in [0.05, 0.1) is 28.5 Å². The lowest BCUT2D eigenvalue weighted by molar-refractivity contribution is -0.136. The maximum Gasteiger partial charge on any atom is 0.309 e. The maximum atomic E-state index is 14.0. The number of hydrogen-bond acceptors (Lipinski definition) is 3. The van der Waals surface area contributed by atoms with Gasteiger partial charge in [0.2, 0.25) is 0 Å². The lowest BCUT2D eigenvalue weighted by Gasteiger charge is -2.08. The molecule has 0 aliphatic carbocycles. The summed E-state index contributed by atoms with van der Waals surface area (Å²) in [4.78, 5) is 23.6. The molecule has 0 fully saturated rings. The van der Waals surface area contributed by atoms with Gasteiger partial charge in [0.15, 0.2) is 0 Å². The molecule has 0 saturated carbocycles. The van der Waals surface area contributed by atoms with Crippen molar-refractivity contribution < 1.29 is 18.7 Å². The Labute approximate surface area is 160 Å². The highest BCUT2D eigenvalue weighted by molar-refractivity contribution is 9.10. The van der Waals surface area contributed by atoms with Gasteiger partial charge in [-0.25, -0.2) is 13.5 Å². The van der Waals surface area contributed by atoms with Gasteiger partial charge >= 0.3 is 5.97 Å². The largest absolute Gasteiger partial charge is 0.481 e. The smallest absolute Gasteiger partial charge is 0.309 e. The van der Waals surface area contributed by atoms with Gasteiger partial charge in [0.25, 0.3) is 5.56 Å². The normalized spacial score (nSPS) is 11.4. The molecule has 0 unspecified atom stereocenters. The number of carboxylic acid groups (broad SMARTS) is 1. The van der Waals surface area contributed by atoms with Gasteiger partial charge in [-0.2, -0.15) is 5.10 Å². The van der Waals surface area contributed by atoms with Crippen LogP contribution >= 0.6 is 15.9 Å². The molecule has 0 bridgehead atoms. The first-order chi connectivity index (χ1) is 12.9. The summed E-state index contributed by atoms with van der Waals surface area (Å²) < 4.78 is 29.0. The SMILES string of the molecule is O=C(O)Cc1nn(C/C=C/c2c(F)ccc(Br)c2F)c(=O)c2ccccc12. The number of hydrogen-bond donors (Lipinski definition) is 1. The zero-order valence-corrected chi connectivity index (χ0v) is 15.4. The third-order valence-corrected chi connectivity index (χ3v) is 4.52. The Bertz CT molecular complexity index is 1130. The van der Waals surface area contributed by atoms with E-state index in [9.17, 15) is 18.4 Å². The fourth-order valence-electron chi connectivity index (χ4n) is 2.67. The predicted molar refractivity (Wildman–Crippen MR) is 100 cm³/mol. The molecule has 2 aromatic carbocycles. The van der Waals surface area contributed by atoms with Gasteiger partial charge in [0.1, 0.15) is 11.6 Å². The number of allylic oxidation sites excluding steroid dienone is 1. The monoisotopic (exact) mass is 434 g/mol. The number of benzene rings is 2. The van der Waals surface area contributed by atoms with Crippen molar-refractivity contribution in [2.24, 2.45) is 0 Å². The maximum absolute atomic E-state index is 14.0. The number of fused-ring (bicyclic) bond motifs is 1. The second kappa shape index (κ2) is 7.79. The third-order valence-electron chi connectivity index (χ3n) is 3.91. The molecule has 5 nitrogen and oxygen atoms in total. The van der Waals surface area contributed by atoms with E-state index in [0.29, 0.717) is 10.8 Å². The van der Waals surface area contributed by atoms with E-state index < -0.39 is 23.2 Å². The Kier molecular flexibility index (Phi) is 5.46. The van der Waals surface area contributed by atoms with Crippen molar-refractivity contribution in [2.45, 2.75) is 13.0 Å². The molecule has 3 rings (SSSR count). The Morgan fingerprint density at radius 3 is 2.59 bits per heavy atom. The highest BCUT2D eigenvalue weighted by Gasteiger charge is 2.13. The molecule has 0 atom stereocenters. The molecule has 1 heterocycles. The topological polar surface area (TPSA) is 72.2 Å².